The van der Waals surface area contributed by atoms with Gasteiger partial charge in [-0.05, 0) is 68.7 Å². The highest BCUT2D eigenvalue weighted by Crippen LogP contribution is 2.29. The van der Waals surface area contributed by atoms with Crippen LogP contribution in [0.15, 0.2) is 54.2 Å². The second kappa shape index (κ2) is 9.92. The van der Waals surface area contributed by atoms with E-state index in [0.717, 1.165) is 49.0 Å². The van der Waals surface area contributed by atoms with Crippen molar-refractivity contribution in [2.75, 3.05) is 0 Å². The molecule has 194 valence electrons. The first kappa shape index (κ1) is 24.9. The Labute approximate surface area is 217 Å². The average molecular weight is 516 g/mol. The molecule has 1 aliphatic carbocycles. The van der Waals surface area contributed by atoms with Crippen LogP contribution in [0.3, 0.4) is 0 Å². The van der Waals surface area contributed by atoms with Crippen LogP contribution in [0.2, 0.25) is 0 Å². The molecular formula is C27H25N5O6. The topological polar surface area (TPSA) is 137 Å². The molecular weight excluding hydrogens is 490 g/mol. The van der Waals surface area contributed by atoms with Crippen molar-refractivity contribution in [3.8, 4) is 17.3 Å². The molecule has 4 amide bonds. The number of benzene rings is 1. The summed E-state index contributed by atoms with van der Waals surface area (Å²) in [5.74, 6) is -0.524. The Hall–Kier alpha value is -4.80. The van der Waals surface area contributed by atoms with Crippen LogP contribution in [0.5, 0.6) is 11.6 Å². The number of carbonyl (C=O) groups is 3. The van der Waals surface area contributed by atoms with Gasteiger partial charge in [-0.1, -0.05) is 12.8 Å². The van der Waals surface area contributed by atoms with Gasteiger partial charge >= 0.3 is 6.03 Å². The second-order valence-corrected chi connectivity index (χ2v) is 9.30. The van der Waals surface area contributed by atoms with Crippen molar-refractivity contribution >= 4 is 29.6 Å². The molecule has 0 bridgehead atoms. The third kappa shape index (κ3) is 4.65. The van der Waals surface area contributed by atoms with Crippen molar-refractivity contribution < 1.29 is 24.0 Å². The van der Waals surface area contributed by atoms with Gasteiger partial charge in [-0.3, -0.25) is 29.9 Å². The van der Waals surface area contributed by atoms with Gasteiger partial charge in [0.05, 0.1) is 4.92 Å². The van der Waals surface area contributed by atoms with E-state index >= 15 is 0 Å². The maximum Gasteiger partial charge on any atom is 0.331 e. The van der Waals surface area contributed by atoms with E-state index in [1.807, 2.05) is 36.6 Å². The fraction of sp³-hybridized carbons (Fsp3) is 0.259. The summed E-state index contributed by atoms with van der Waals surface area (Å²) in [4.78, 5) is 53.6. The Bertz CT molecular complexity index is 1470. The molecule has 2 fully saturated rings. The van der Waals surface area contributed by atoms with Crippen LogP contribution in [0.25, 0.3) is 11.8 Å². The number of aryl methyl sites for hydroxylation is 1. The minimum atomic E-state index is -0.694. The van der Waals surface area contributed by atoms with E-state index in [4.69, 9.17) is 4.74 Å². The van der Waals surface area contributed by atoms with Crippen molar-refractivity contribution in [3.63, 3.8) is 0 Å². The minimum Gasteiger partial charge on any atom is -0.439 e. The predicted octanol–water partition coefficient (Wildman–Crippen LogP) is 4.59. The minimum absolute atomic E-state index is 0.0592. The Morgan fingerprint density at radius 2 is 1.79 bits per heavy atom. The van der Waals surface area contributed by atoms with Gasteiger partial charge in [-0.2, -0.15) is 0 Å². The number of imide groups is 2. The maximum absolute atomic E-state index is 13.2. The van der Waals surface area contributed by atoms with E-state index in [2.05, 4.69) is 10.3 Å². The number of barbiturate groups is 1. The lowest BCUT2D eigenvalue weighted by atomic mass is 10.1. The van der Waals surface area contributed by atoms with Crippen LogP contribution in [0.4, 0.5) is 10.5 Å². The van der Waals surface area contributed by atoms with Gasteiger partial charge in [0.25, 0.3) is 17.5 Å². The van der Waals surface area contributed by atoms with Crippen LogP contribution in [-0.2, 0) is 9.59 Å². The quantitative estimate of drug-likeness (QED) is 0.219. The zero-order valence-corrected chi connectivity index (χ0v) is 20.8. The Morgan fingerprint density at radius 3 is 2.42 bits per heavy atom. The van der Waals surface area contributed by atoms with E-state index in [0.29, 0.717) is 11.3 Å². The molecule has 1 aliphatic heterocycles. The first-order chi connectivity index (χ1) is 18.2. The van der Waals surface area contributed by atoms with Crippen LogP contribution in [0.1, 0.15) is 42.6 Å². The van der Waals surface area contributed by atoms with Crippen molar-refractivity contribution in [1.29, 1.82) is 0 Å². The molecule has 0 radical (unpaired) electrons. The standard InChI is InChI=1S/C27H25N5O6/c1-16-13-18(14-23-25(33)29-27(35)31(26(23)34)19-5-3-4-6-19)17(2)30(16)20-7-10-22(11-8-20)38-24-12-9-21(15-28-24)32(36)37/h7-15,19H,3-6H2,1-2H3,(H,29,33,35)/b23-14+. The van der Waals surface area contributed by atoms with Crippen molar-refractivity contribution in [2.24, 2.45) is 0 Å². The SMILES string of the molecule is Cc1cc(/C=C2\C(=O)NC(=O)N(C3CCCC3)C2=O)c(C)n1-c1ccc(Oc2ccc([N+](=O)[O-])cn2)cc1. The number of nitrogens with zero attached hydrogens (tertiary/aromatic N) is 4. The summed E-state index contributed by atoms with van der Waals surface area (Å²) in [6.07, 6.45) is 6.06. The number of rotatable bonds is 6. The van der Waals surface area contributed by atoms with Crippen LogP contribution in [-0.4, -0.2) is 43.3 Å². The molecule has 11 heteroatoms. The van der Waals surface area contributed by atoms with Gasteiger partial charge in [0.2, 0.25) is 5.88 Å². The number of hydrogen-bond donors (Lipinski definition) is 1. The first-order valence-corrected chi connectivity index (χ1v) is 12.2. The molecule has 0 atom stereocenters. The molecule has 3 heterocycles. The predicted molar refractivity (Wildman–Crippen MR) is 137 cm³/mol. The number of aromatic nitrogens is 2. The number of urea groups is 1. The number of nitro groups is 1. The largest absolute Gasteiger partial charge is 0.439 e. The molecule has 1 saturated carbocycles. The molecule has 5 rings (SSSR count). The number of carbonyl (C=O) groups excluding carboxylic acids is 3. The maximum atomic E-state index is 13.2. The molecule has 2 aliphatic rings. The van der Waals surface area contributed by atoms with Crippen molar-refractivity contribution in [1.82, 2.24) is 19.8 Å². The van der Waals surface area contributed by atoms with Gasteiger partial charge in [0, 0.05) is 35.2 Å². The zero-order chi connectivity index (χ0) is 27.0. The first-order valence-electron chi connectivity index (χ1n) is 12.2. The molecule has 1 saturated heterocycles. The zero-order valence-electron chi connectivity index (χ0n) is 20.8. The monoisotopic (exact) mass is 515 g/mol. The summed E-state index contributed by atoms with van der Waals surface area (Å²) < 4.78 is 7.67. The lowest BCUT2D eigenvalue weighted by Crippen LogP contribution is -2.57. The molecule has 0 unspecified atom stereocenters. The van der Waals surface area contributed by atoms with Crippen LogP contribution >= 0.6 is 0 Å². The van der Waals surface area contributed by atoms with E-state index in [-0.39, 0.29) is 23.2 Å². The highest BCUT2D eigenvalue weighted by molar-refractivity contribution is 6.31. The molecule has 0 spiro atoms. The lowest BCUT2D eigenvalue weighted by molar-refractivity contribution is -0.385. The van der Waals surface area contributed by atoms with Crippen LogP contribution in [0, 0.1) is 24.0 Å². The van der Waals surface area contributed by atoms with E-state index in [1.54, 1.807) is 18.2 Å². The summed E-state index contributed by atoms with van der Waals surface area (Å²) in [6.45, 7) is 3.80. The third-order valence-corrected chi connectivity index (χ3v) is 6.84. The van der Waals surface area contributed by atoms with Gasteiger partial charge in [0.1, 0.15) is 17.5 Å². The Balaban J connectivity index is 1.38. The smallest absolute Gasteiger partial charge is 0.331 e. The number of ether oxygens (including phenoxy) is 1. The van der Waals surface area contributed by atoms with Crippen molar-refractivity contribution in [2.45, 2.75) is 45.6 Å². The summed E-state index contributed by atoms with van der Waals surface area (Å²) in [5.41, 5.74) is 3.03. The fourth-order valence-corrected chi connectivity index (χ4v) is 4.98. The molecule has 1 N–H and O–H groups in total. The van der Waals surface area contributed by atoms with Crippen molar-refractivity contribution in [3.05, 3.63) is 81.3 Å². The summed E-state index contributed by atoms with van der Waals surface area (Å²) >= 11 is 0. The van der Waals surface area contributed by atoms with Gasteiger partial charge in [-0.15, -0.1) is 0 Å². The Kier molecular flexibility index (Phi) is 6.50. The van der Waals surface area contributed by atoms with E-state index in [9.17, 15) is 24.5 Å². The van der Waals surface area contributed by atoms with Gasteiger partial charge in [-0.25, -0.2) is 9.78 Å². The van der Waals surface area contributed by atoms with E-state index in [1.165, 1.54) is 17.0 Å². The van der Waals surface area contributed by atoms with E-state index < -0.39 is 22.8 Å². The fourth-order valence-electron chi connectivity index (χ4n) is 4.98. The summed E-state index contributed by atoms with van der Waals surface area (Å²) in [5, 5.41) is 13.1. The second-order valence-electron chi connectivity index (χ2n) is 9.30. The number of hydrogen-bond acceptors (Lipinski definition) is 7. The number of nitrogens with one attached hydrogen (secondary N) is 1. The van der Waals surface area contributed by atoms with Gasteiger partial charge in [0.15, 0.2) is 0 Å². The molecule has 11 nitrogen and oxygen atoms in total. The lowest BCUT2D eigenvalue weighted by Gasteiger charge is -2.31. The summed E-state index contributed by atoms with van der Waals surface area (Å²) in [6, 6.07) is 11.0. The number of pyridine rings is 1. The Morgan fingerprint density at radius 1 is 1.08 bits per heavy atom. The molecule has 2 aromatic heterocycles. The normalized spacial score (nSPS) is 17.3. The summed E-state index contributed by atoms with van der Waals surface area (Å²) in [7, 11) is 0. The molecule has 3 aromatic rings. The molecule has 38 heavy (non-hydrogen) atoms. The highest BCUT2D eigenvalue weighted by atomic mass is 16.6. The highest BCUT2D eigenvalue weighted by Gasteiger charge is 2.40. The van der Waals surface area contributed by atoms with Crippen LogP contribution < -0.4 is 10.1 Å². The van der Waals surface area contributed by atoms with Gasteiger partial charge < -0.3 is 9.30 Å². The third-order valence-electron chi connectivity index (χ3n) is 6.84. The molecule has 1 aromatic carbocycles. The average Bonchev–Trinajstić information content (AvgIpc) is 3.50. The number of amides is 4.